The Balaban J connectivity index is 1.93. The van der Waals surface area contributed by atoms with Gasteiger partial charge in [0.05, 0.1) is 11.4 Å². The molecule has 1 fully saturated rings. The highest BCUT2D eigenvalue weighted by Crippen LogP contribution is 2.20. The minimum atomic E-state index is -3.51. The first-order chi connectivity index (χ1) is 8.46. The van der Waals surface area contributed by atoms with Crippen LogP contribution < -0.4 is 10.0 Å². The Morgan fingerprint density at radius 1 is 1.39 bits per heavy atom. The molecule has 1 aromatic rings. The first kappa shape index (κ1) is 13.8. The summed E-state index contributed by atoms with van der Waals surface area (Å²) in [5.41, 5.74) is -0.0235. The third kappa shape index (κ3) is 4.22. The summed E-state index contributed by atoms with van der Waals surface area (Å²) in [6.45, 7) is 0.387. The molecular formula is C11H14BrFN2O2S. The van der Waals surface area contributed by atoms with Gasteiger partial charge in [0.15, 0.2) is 0 Å². The molecule has 7 heteroatoms. The number of hydrogen-bond donors (Lipinski definition) is 2. The number of sulfonamides is 1. The predicted octanol–water partition coefficient (Wildman–Crippen LogP) is 2.08. The highest BCUT2D eigenvalue weighted by atomic mass is 79.9. The van der Waals surface area contributed by atoms with Crippen LogP contribution in [0.4, 0.5) is 10.1 Å². The second-order valence-corrected chi connectivity index (χ2v) is 7.03. The Bertz CT molecular complexity index is 532. The van der Waals surface area contributed by atoms with E-state index in [-0.39, 0.29) is 11.4 Å². The second kappa shape index (κ2) is 5.54. The molecule has 1 saturated carbocycles. The van der Waals surface area contributed by atoms with Gasteiger partial charge in [-0.3, -0.25) is 4.72 Å². The molecule has 0 radical (unpaired) electrons. The number of benzene rings is 1. The molecule has 4 nitrogen and oxygen atoms in total. The van der Waals surface area contributed by atoms with Gasteiger partial charge in [-0.15, -0.1) is 0 Å². The Hall–Kier alpha value is -0.660. The summed E-state index contributed by atoms with van der Waals surface area (Å²) in [4.78, 5) is 0. The van der Waals surface area contributed by atoms with Crippen molar-refractivity contribution < 1.29 is 12.8 Å². The average molecular weight is 337 g/mol. The van der Waals surface area contributed by atoms with E-state index in [2.05, 4.69) is 26.0 Å². The molecule has 0 spiro atoms. The number of hydrogen-bond acceptors (Lipinski definition) is 3. The van der Waals surface area contributed by atoms with E-state index in [1.165, 1.54) is 12.1 Å². The number of halogens is 2. The Kier molecular flexibility index (Phi) is 4.24. The third-order valence-electron chi connectivity index (χ3n) is 2.58. The zero-order valence-electron chi connectivity index (χ0n) is 9.62. The first-order valence-electron chi connectivity index (χ1n) is 5.65. The molecule has 0 atom stereocenters. The van der Waals surface area contributed by atoms with Gasteiger partial charge in [0.2, 0.25) is 10.0 Å². The van der Waals surface area contributed by atoms with Gasteiger partial charge in [-0.1, -0.05) is 15.9 Å². The molecule has 1 aromatic carbocycles. The van der Waals surface area contributed by atoms with Crippen LogP contribution in [-0.4, -0.2) is 26.8 Å². The zero-order chi connectivity index (χ0) is 13.2. The van der Waals surface area contributed by atoms with E-state index >= 15 is 0 Å². The van der Waals surface area contributed by atoms with Gasteiger partial charge < -0.3 is 5.32 Å². The summed E-state index contributed by atoms with van der Waals surface area (Å²) in [6.07, 6.45) is 2.21. The fourth-order valence-corrected chi connectivity index (χ4v) is 2.80. The molecule has 0 heterocycles. The maximum atomic E-state index is 13.5. The molecule has 18 heavy (non-hydrogen) atoms. The molecule has 0 aliphatic heterocycles. The van der Waals surface area contributed by atoms with Gasteiger partial charge in [0.25, 0.3) is 0 Å². The SMILES string of the molecule is O=S(=O)(CCNC1CC1)Nc1ccc(Br)cc1F. The van der Waals surface area contributed by atoms with Gasteiger partial charge in [-0.05, 0) is 31.0 Å². The summed E-state index contributed by atoms with van der Waals surface area (Å²) < 4.78 is 39.7. The topological polar surface area (TPSA) is 58.2 Å². The fourth-order valence-electron chi connectivity index (χ4n) is 1.48. The Labute approximate surface area is 114 Å². The van der Waals surface area contributed by atoms with Crippen molar-refractivity contribution in [3.8, 4) is 0 Å². The van der Waals surface area contributed by atoms with Gasteiger partial charge >= 0.3 is 0 Å². The maximum Gasteiger partial charge on any atom is 0.234 e. The average Bonchev–Trinajstić information content (AvgIpc) is 3.06. The van der Waals surface area contributed by atoms with Crippen LogP contribution in [0.1, 0.15) is 12.8 Å². The van der Waals surface area contributed by atoms with E-state index in [0.717, 1.165) is 12.8 Å². The molecule has 2 N–H and O–H groups in total. The van der Waals surface area contributed by atoms with Crippen molar-refractivity contribution >= 4 is 31.6 Å². The van der Waals surface area contributed by atoms with Crippen molar-refractivity contribution in [1.82, 2.24) is 5.32 Å². The molecule has 0 aromatic heterocycles. The van der Waals surface area contributed by atoms with Crippen LogP contribution in [0.15, 0.2) is 22.7 Å². The van der Waals surface area contributed by atoms with Crippen molar-refractivity contribution in [3.05, 3.63) is 28.5 Å². The van der Waals surface area contributed by atoms with Crippen LogP contribution in [0.3, 0.4) is 0 Å². The lowest BCUT2D eigenvalue weighted by Crippen LogP contribution is -2.28. The molecule has 0 unspecified atom stereocenters. The number of rotatable bonds is 6. The fraction of sp³-hybridized carbons (Fsp3) is 0.455. The minimum absolute atomic E-state index is 0.0235. The summed E-state index contributed by atoms with van der Waals surface area (Å²) in [6, 6.07) is 4.67. The quantitative estimate of drug-likeness (QED) is 0.836. The lowest BCUT2D eigenvalue weighted by atomic mass is 10.3. The van der Waals surface area contributed by atoms with Crippen molar-refractivity contribution in [2.24, 2.45) is 0 Å². The second-order valence-electron chi connectivity index (χ2n) is 4.27. The summed E-state index contributed by atoms with van der Waals surface area (Å²) in [5.74, 6) is -0.651. The lowest BCUT2D eigenvalue weighted by Gasteiger charge is -2.09. The normalized spacial score (nSPS) is 15.7. The van der Waals surface area contributed by atoms with Crippen molar-refractivity contribution in [1.29, 1.82) is 0 Å². The predicted molar refractivity (Wildman–Crippen MR) is 72.5 cm³/mol. The van der Waals surface area contributed by atoms with Crippen LogP contribution in [0.5, 0.6) is 0 Å². The van der Waals surface area contributed by atoms with E-state index < -0.39 is 15.8 Å². The third-order valence-corrected chi connectivity index (χ3v) is 4.34. The lowest BCUT2D eigenvalue weighted by molar-refractivity contribution is 0.593. The molecule has 1 aliphatic rings. The van der Waals surface area contributed by atoms with E-state index in [0.29, 0.717) is 17.1 Å². The number of anilines is 1. The molecule has 0 amide bonds. The van der Waals surface area contributed by atoms with Crippen molar-refractivity contribution in [3.63, 3.8) is 0 Å². The highest BCUT2D eigenvalue weighted by Gasteiger charge is 2.21. The van der Waals surface area contributed by atoms with Gasteiger partial charge in [0.1, 0.15) is 5.82 Å². The highest BCUT2D eigenvalue weighted by molar-refractivity contribution is 9.10. The van der Waals surface area contributed by atoms with Crippen LogP contribution in [0.2, 0.25) is 0 Å². The molecule has 100 valence electrons. The van der Waals surface area contributed by atoms with Gasteiger partial charge in [0, 0.05) is 17.1 Å². The molecular weight excluding hydrogens is 323 g/mol. The van der Waals surface area contributed by atoms with Gasteiger partial charge in [-0.25, -0.2) is 12.8 Å². The standard InChI is InChI=1S/C11H14BrFN2O2S/c12-8-1-4-11(10(13)7-8)15-18(16,17)6-5-14-9-2-3-9/h1,4,7,9,14-15H,2-3,5-6H2. The van der Waals surface area contributed by atoms with E-state index in [1.54, 1.807) is 6.07 Å². The molecule has 0 saturated heterocycles. The Morgan fingerprint density at radius 2 is 2.11 bits per heavy atom. The van der Waals surface area contributed by atoms with Crippen LogP contribution in [0, 0.1) is 5.82 Å². The molecule has 1 aliphatic carbocycles. The van der Waals surface area contributed by atoms with Crippen LogP contribution in [0.25, 0.3) is 0 Å². The minimum Gasteiger partial charge on any atom is -0.313 e. The number of nitrogens with one attached hydrogen (secondary N) is 2. The summed E-state index contributed by atoms with van der Waals surface area (Å²) >= 11 is 3.11. The van der Waals surface area contributed by atoms with E-state index in [4.69, 9.17) is 0 Å². The van der Waals surface area contributed by atoms with Crippen molar-refractivity contribution in [2.45, 2.75) is 18.9 Å². The van der Waals surface area contributed by atoms with Crippen LogP contribution in [-0.2, 0) is 10.0 Å². The smallest absolute Gasteiger partial charge is 0.234 e. The van der Waals surface area contributed by atoms with Crippen molar-refractivity contribution in [2.75, 3.05) is 17.0 Å². The van der Waals surface area contributed by atoms with E-state index in [1.807, 2.05) is 0 Å². The zero-order valence-corrected chi connectivity index (χ0v) is 12.0. The first-order valence-corrected chi connectivity index (χ1v) is 8.10. The Morgan fingerprint density at radius 3 is 2.72 bits per heavy atom. The maximum absolute atomic E-state index is 13.5. The summed E-state index contributed by atoms with van der Waals surface area (Å²) in [5, 5.41) is 3.10. The van der Waals surface area contributed by atoms with E-state index in [9.17, 15) is 12.8 Å². The summed E-state index contributed by atoms with van der Waals surface area (Å²) in [7, 11) is -3.51. The van der Waals surface area contributed by atoms with Gasteiger partial charge in [-0.2, -0.15) is 0 Å². The molecule has 0 bridgehead atoms. The largest absolute Gasteiger partial charge is 0.313 e. The molecule has 2 rings (SSSR count). The monoisotopic (exact) mass is 336 g/mol. The van der Waals surface area contributed by atoms with Crippen LogP contribution >= 0.6 is 15.9 Å².